The number of aromatic nitrogens is 4. The number of hydrogen-bond acceptors (Lipinski definition) is 6. The molecule has 1 heterocycles. The van der Waals surface area contributed by atoms with Crippen molar-refractivity contribution in [2.45, 2.75) is 25.2 Å². The largest absolute Gasteiger partial charge is 0.489 e. The van der Waals surface area contributed by atoms with Crippen molar-refractivity contribution in [3.8, 4) is 5.75 Å². The molecule has 0 bridgehead atoms. The van der Waals surface area contributed by atoms with Gasteiger partial charge in [-0.15, -0.1) is 5.10 Å². The molecular formula is C19H23N5OS. The van der Waals surface area contributed by atoms with E-state index < -0.39 is 0 Å². The second-order valence-corrected chi connectivity index (χ2v) is 7.09. The summed E-state index contributed by atoms with van der Waals surface area (Å²) in [7, 11) is 1.85. The molecule has 3 aromatic rings. The molecule has 0 unspecified atom stereocenters. The maximum absolute atomic E-state index is 5.84. The summed E-state index contributed by atoms with van der Waals surface area (Å²) in [5.41, 5.74) is 3.67. The average molecular weight is 369 g/mol. The number of rotatable bonds is 9. The summed E-state index contributed by atoms with van der Waals surface area (Å²) >= 11 is 1.64. The summed E-state index contributed by atoms with van der Waals surface area (Å²) in [5.74, 6) is 1.81. The van der Waals surface area contributed by atoms with E-state index in [0.29, 0.717) is 6.61 Å². The first kappa shape index (κ1) is 18.4. The SMILES string of the molecule is Cc1ccc(COc2ccc(CNCCSc3nnnn3C)cc2)cc1. The molecule has 1 aromatic heterocycles. The number of aryl methyl sites for hydroxylation is 2. The highest BCUT2D eigenvalue weighted by Crippen LogP contribution is 2.15. The number of thioether (sulfide) groups is 1. The van der Waals surface area contributed by atoms with Gasteiger partial charge in [-0.25, -0.2) is 4.68 Å². The van der Waals surface area contributed by atoms with Crippen molar-refractivity contribution in [2.24, 2.45) is 7.05 Å². The Hall–Kier alpha value is -2.38. The molecule has 136 valence electrons. The van der Waals surface area contributed by atoms with Crippen LogP contribution >= 0.6 is 11.8 Å². The Bertz CT molecular complexity index is 802. The van der Waals surface area contributed by atoms with E-state index >= 15 is 0 Å². The van der Waals surface area contributed by atoms with E-state index in [0.717, 1.165) is 29.7 Å². The first-order valence-electron chi connectivity index (χ1n) is 8.54. The normalized spacial score (nSPS) is 10.8. The number of nitrogens with one attached hydrogen (secondary N) is 1. The van der Waals surface area contributed by atoms with Crippen LogP contribution in [0.2, 0.25) is 0 Å². The molecule has 6 nitrogen and oxygen atoms in total. The van der Waals surface area contributed by atoms with Crippen LogP contribution in [0.3, 0.4) is 0 Å². The van der Waals surface area contributed by atoms with Gasteiger partial charge < -0.3 is 10.1 Å². The summed E-state index contributed by atoms with van der Waals surface area (Å²) < 4.78 is 7.52. The van der Waals surface area contributed by atoms with E-state index in [1.807, 2.05) is 19.2 Å². The van der Waals surface area contributed by atoms with Gasteiger partial charge in [0.1, 0.15) is 12.4 Å². The monoisotopic (exact) mass is 369 g/mol. The predicted molar refractivity (Wildman–Crippen MR) is 103 cm³/mol. The predicted octanol–water partition coefficient (Wildman–Crippen LogP) is 2.98. The summed E-state index contributed by atoms with van der Waals surface area (Å²) in [6.45, 7) is 4.40. The van der Waals surface area contributed by atoms with Crippen molar-refractivity contribution >= 4 is 11.8 Å². The third-order valence-electron chi connectivity index (χ3n) is 3.87. The van der Waals surface area contributed by atoms with E-state index in [1.165, 1.54) is 16.7 Å². The van der Waals surface area contributed by atoms with Gasteiger partial charge in [0.25, 0.3) is 0 Å². The Balaban J connectivity index is 1.36. The van der Waals surface area contributed by atoms with Crippen molar-refractivity contribution in [3.05, 3.63) is 65.2 Å². The zero-order valence-corrected chi connectivity index (χ0v) is 15.9. The summed E-state index contributed by atoms with van der Waals surface area (Å²) in [6, 6.07) is 16.6. The van der Waals surface area contributed by atoms with Gasteiger partial charge in [0.05, 0.1) is 0 Å². The van der Waals surface area contributed by atoms with Crippen molar-refractivity contribution in [1.29, 1.82) is 0 Å². The fraction of sp³-hybridized carbons (Fsp3) is 0.316. The lowest BCUT2D eigenvalue weighted by Gasteiger charge is -2.08. The van der Waals surface area contributed by atoms with Gasteiger partial charge in [0.15, 0.2) is 0 Å². The molecule has 1 N–H and O–H groups in total. The number of benzene rings is 2. The number of nitrogens with zero attached hydrogens (tertiary/aromatic N) is 4. The minimum Gasteiger partial charge on any atom is -0.489 e. The van der Waals surface area contributed by atoms with Crippen molar-refractivity contribution in [3.63, 3.8) is 0 Å². The highest BCUT2D eigenvalue weighted by atomic mass is 32.2. The van der Waals surface area contributed by atoms with Crippen LogP contribution in [0.25, 0.3) is 0 Å². The van der Waals surface area contributed by atoms with Crippen LogP contribution in [0.15, 0.2) is 53.7 Å². The fourth-order valence-electron chi connectivity index (χ4n) is 2.35. The molecule has 0 aliphatic carbocycles. The first-order valence-corrected chi connectivity index (χ1v) is 9.52. The van der Waals surface area contributed by atoms with Crippen LogP contribution in [0.1, 0.15) is 16.7 Å². The van der Waals surface area contributed by atoms with Gasteiger partial charge in [-0.3, -0.25) is 0 Å². The van der Waals surface area contributed by atoms with E-state index in [-0.39, 0.29) is 0 Å². The summed E-state index contributed by atoms with van der Waals surface area (Å²) in [5, 5.41) is 15.6. The molecule has 0 saturated carbocycles. The molecule has 0 radical (unpaired) electrons. The topological polar surface area (TPSA) is 64.9 Å². The lowest BCUT2D eigenvalue weighted by Crippen LogP contribution is -2.16. The number of tetrazole rings is 1. The minimum atomic E-state index is 0.589. The van der Waals surface area contributed by atoms with Gasteiger partial charge in [0, 0.05) is 25.9 Å². The van der Waals surface area contributed by atoms with Gasteiger partial charge >= 0.3 is 0 Å². The molecular weight excluding hydrogens is 346 g/mol. The van der Waals surface area contributed by atoms with Crippen LogP contribution in [0, 0.1) is 6.92 Å². The fourth-order valence-corrected chi connectivity index (χ4v) is 3.09. The summed E-state index contributed by atoms with van der Waals surface area (Å²) in [6.07, 6.45) is 0. The second kappa shape index (κ2) is 9.35. The third kappa shape index (κ3) is 5.57. The molecule has 7 heteroatoms. The maximum Gasteiger partial charge on any atom is 0.209 e. The molecule has 0 amide bonds. The summed E-state index contributed by atoms with van der Waals surface area (Å²) in [4.78, 5) is 0. The molecule has 0 atom stereocenters. The average Bonchev–Trinajstić information content (AvgIpc) is 3.07. The van der Waals surface area contributed by atoms with E-state index in [1.54, 1.807) is 16.4 Å². The van der Waals surface area contributed by atoms with Crippen LogP contribution < -0.4 is 10.1 Å². The van der Waals surface area contributed by atoms with Gasteiger partial charge in [0.2, 0.25) is 5.16 Å². The Labute approximate surface area is 158 Å². The minimum absolute atomic E-state index is 0.589. The molecule has 3 rings (SSSR count). The van der Waals surface area contributed by atoms with E-state index in [2.05, 4.69) is 64.2 Å². The highest BCUT2D eigenvalue weighted by Gasteiger charge is 2.02. The zero-order valence-electron chi connectivity index (χ0n) is 15.1. The van der Waals surface area contributed by atoms with Crippen LogP contribution in [0.5, 0.6) is 5.75 Å². The molecule has 26 heavy (non-hydrogen) atoms. The Kier molecular flexibility index (Phi) is 6.62. The quantitative estimate of drug-likeness (QED) is 0.462. The lowest BCUT2D eigenvalue weighted by molar-refractivity contribution is 0.306. The molecule has 0 spiro atoms. The maximum atomic E-state index is 5.84. The molecule has 0 aliphatic rings. The molecule has 0 saturated heterocycles. The van der Waals surface area contributed by atoms with Gasteiger partial charge in [-0.2, -0.15) is 0 Å². The molecule has 0 fully saturated rings. The van der Waals surface area contributed by atoms with E-state index in [9.17, 15) is 0 Å². The van der Waals surface area contributed by atoms with Crippen LogP contribution in [0.4, 0.5) is 0 Å². The Morgan fingerprint density at radius 1 is 1.04 bits per heavy atom. The molecule has 0 aliphatic heterocycles. The first-order chi connectivity index (χ1) is 12.7. The lowest BCUT2D eigenvalue weighted by atomic mass is 10.2. The Morgan fingerprint density at radius 3 is 2.46 bits per heavy atom. The van der Waals surface area contributed by atoms with Crippen molar-refractivity contribution in [2.75, 3.05) is 12.3 Å². The van der Waals surface area contributed by atoms with Crippen LogP contribution in [-0.4, -0.2) is 32.5 Å². The second-order valence-electron chi connectivity index (χ2n) is 6.03. The highest BCUT2D eigenvalue weighted by molar-refractivity contribution is 7.99. The zero-order chi connectivity index (χ0) is 18.2. The smallest absolute Gasteiger partial charge is 0.209 e. The van der Waals surface area contributed by atoms with Crippen molar-refractivity contribution < 1.29 is 4.74 Å². The third-order valence-corrected chi connectivity index (χ3v) is 4.88. The number of ether oxygens (including phenoxy) is 1. The van der Waals surface area contributed by atoms with E-state index in [4.69, 9.17) is 4.74 Å². The van der Waals surface area contributed by atoms with Crippen molar-refractivity contribution in [1.82, 2.24) is 25.5 Å². The molecule has 2 aromatic carbocycles. The Morgan fingerprint density at radius 2 is 1.77 bits per heavy atom. The van der Waals surface area contributed by atoms with Crippen LogP contribution in [-0.2, 0) is 20.2 Å². The van der Waals surface area contributed by atoms with Gasteiger partial charge in [-0.05, 0) is 40.6 Å². The standard InChI is InChI=1S/C19H23N5OS/c1-15-3-5-17(6-4-15)14-25-18-9-7-16(8-10-18)13-20-11-12-26-19-21-22-23-24(19)2/h3-10,20H,11-14H2,1-2H3. The van der Waals surface area contributed by atoms with Gasteiger partial charge in [-0.1, -0.05) is 53.7 Å². The number of hydrogen-bond donors (Lipinski definition) is 1.